The summed E-state index contributed by atoms with van der Waals surface area (Å²) >= 11 is 0. The highest BCUT2D eigenvalue weighted by molar-refractivity contribution is 5.96. The zero-order valence-electron chi connectivity index (χ0n) is 12.3. The molecule has 5 heteroatoms. The third kappa shape index (κ3) is 1.97. The second-order valence-corrected chi connectivity index (χ2v) is 5.62. The van der Waals surface area contributed by atoms with Crippen molar-refractivity contribution in [2.45, 2.75) is 19.9 Å². The van der Waals surface area contributed by atoms with Gasteiger partial charge < -0.3 is 4.90 Å². The minimum atomic E-state index is 0.109. The number of nitrogens with one attached hydrogen (secondary N) is 1. The zero-order chi connectivity index (χ0) is 15.1. The number of fused-ring (bicyclic) bond motifs is 2. The van der Waals surface area contributed by atoms with Crippen molar-refractivity contribution in [2.75, 3.05) is 6.54 Å². The van der Waals surface area contributed by atoms with E-state index in [0.717, 1.165) is 46.3 Å². The lowest BCUT2D eigenvalue weighted by molar-refractivity contribution is -0.129. The summed E-state index contributed by atoms with van der Waals surface area (Å²) in [5.74, 6) is 0.109. The van der Waals surface area contributed by atoms with Crippen LogP contribution in [0.2, 0.25) is 0 Å². The van der Waals surface area contributed by atoms with Crippen LogP contribution in [0.25, 0.3) is 22.0 Å². The number of hydrogen-bond acceptors (Lipinski definition) is 3. The molecule has 110 valence electrons. The SMILES string of the molecule is CC(=O)N1CCc2[nH]nc(-c3cccc4ccncc34)c2C1. The van der Waals surface area contributed by atoms with E-state index < -0.39 is 0 Å². The molecular formula is C17H16N4O. The Bertz CT molecular complexity index is 863. The van der Waals surface area contributed by atoms with Crippen LogP contribution in [-0.2, 0) is 17.8 Å². The molecule has 1 N–H and O–H groups in total. The molecule has 0 bridgehead atoms. The van der Waals surface area contributed by atoms with Crippen molar-refractivity contribution in [3.05, 3.63) is 47.9 Å². The summed E-state index contributed by atoms with van der Waals surface area (Å²) in [6.45, 7) is 2.99. The standard InChI is InChI=1S/C17H16N4O/c1-11(22)21-8-6-16-15(10-21)17(20-19-16)13-4-2-3-12-5-7-18-9-14(12)13/h2-5,7,9H,6,8,10H2,1H3,(H,19,20). The number of rotatable bonds is 1. The molecular weight excluding hydrogens is 276 g/mol. The maximum Gasteiger partial charge on any atom is 0.219 e. The van der Waals surface area contributed by atoms with Gasteiger partial charge in [0.05, 0.1) is 5.69 Å². The molecule has 4 rings (SSSR count). The molecule has 1 aliphatic rings. The van der Waals surface area contributed by atoms with Crippen LogP contribution in [0.1, 0.15) is 18.2 Å². The van der Waals surface area contributed by atoms with Gasteiger partial charge in [-0.25, -0.2) is 0 Å². The highest BCUT2D eigenvalue weighted by atomic mass is 16.2. The minimum absolute atomic E-state index is 0.109. The average molecular weight is 292 g/mol. The van der Waals surface area contributed by atoms with Crippen LogP contribution in [0.3, 0.4) is 0 Å². The molecule has 3 aromatic rings. The van der Waals surface area contributed by atoms with Gasteiger partial charge in [-0.15, -0.1) is 0 Å². The Hall–Kier alpha value is -2.69. The second kappa shape index (κ2) is 4.94. The largest absolute Gasteiger partial charge is 0.338 e. The van der Waals surface area contributed by atoms with Crippen molar-refractivity contribution in [3.8, 4) is 11.3 Å². The van der Waals surface area contributed by atoms with Crippen LogP contribution >= 0.6 is 0 Å². The van der Waals surface area contributed by atoms with Crippen LogP contribution in [0.15, 0.2) is 36.7 Å². The summed E-state index contributed by atoms with van der Waals surface area (Å²) in [7, 11) is 0. The maximum absolute atomic E-state index is 11.7. The molecule has 0 unspecified atom stereocenters. The van der Waals surface area contributed by atoms with E-state index in [1.807, 2.05) is 23.2 Å². The Kier molecular flexibility index (Phi) is 2.92. The van der Waals surface area contributed by atoms with Crippen molar-refractivity contribution < 1.29 is 4.79 Å². The van der Waals surface area contributed by atoms with Gasteiger partial charge in [-0.2, -0.15) is 5.10 Å². The topological polar surface area (TPSA) is 61.9 Å². The lowest BCUT2D eigenvalue weighted by Gasteiger charge is -2.26. The fourth-order valence-corrected chi connectivity index (χ4v) is 3.11. The van der Waals surface area contributed by atoms with E-state index >= 15 is 0 Å². The number of hydrogen-bond donors (Lipinski definition) is 1. The summed E-state index contributed by atoms with van der Waals surface area (Å²) in [5, 5.41) is 9.89. The van der Waals surface area contributed by atoms with Crippen molar-refractivity contribution in [2.24, 2.45) is 0 Å². The van der Waals surface area contributed by atoms with Gasteiger partial charge in [0.2, 0.25) is 5.91 Å². The summed E-state index contributed by atoms with van der Waals surface area (Å²) in [6, 6.07) is 8.17. The van der Waals surface area contributed by atoms with Gasteiger partial charge in [-0.05, 0) is 11.5 Å². The molecule has 0 aliphatic carbocycles. The quantitative estimate of drug-likeness (QED) is 0.749. The first-order valence-corrected chi connectivity index (χ1v) is 7.39. The lowest BCUT2D eigenvalue weighted by Crippen LogP contribution is -2.34. The highest BCUT2D eigenvalue weighted by Crippen LogP contribution is 2.32. The molecule has 0 atom stereocenters. The molecule has 1 amide bonds. The van der Waals surface area contributed by atoms with Gasteiger partial charge in [0.1, 0.15) is 0 Å². The van der Waals surface area contributed by atoms with Gasteiger partial charge in [0.25, 0.3) is 0 Å². The molecule has 2 aromatic heterocycles. The van der Waals surface area contributed by atoms with Crippen molar-refractivity contribution in [1.29, 1.82) is 0 Å². The monoisotopic (exact) mass is 292 g/mol. The summed E-state index contributed by atoms with van der Waals surface area (Å²) in [6.07, 6.45) is 4.49. The Balaban J connectivity index is 1.87. The van der Waals surface area contributed by atoms with E-state index in [1.54, 1.807) is 13.1 Å². The normalized spacial score (nSPS) is 14.1. The Morgan fingerprint density at radius 3 is 3.09 bits per heavy atom. The number of aromatic amines is 1. The second-order valence-electron chi connectivity index (χ2n) is 5.62. The zero-order valence-corrected chi connectivity index (χ0v) is 12.3. The third-order valence-electron chi connectivity index (χ3n) is 4.32. The number of nitrogens with zero attached hydrogens (tertiary/aromatic N) is 3. The first-order chi connectivity index (χ1) is 10.7. The fourth-order valence-electron chi connectivity index (χ4n) is 3.11. The molecule has 5 nitrogen and oxygen atoms in total. The smallest absolute Gasteiger partial charge is 0.219 e. The van der Waals surface area contributed by atoms with E-state index in [2.05, 4.69) is 27.3 Å². The molecule has 0 spiro atoms. The van der Waals surface area contributed by atoms with Crippen LogP contribution in [0.5, 0.6) is 0 Å². The van der Waals surface area contributed by atoms with E-state index in [0.29, 0.717) is 6.54 Å². The van der Waals surface area contributed by atoms with Crippen LogP contribution in [-0.4, -0.2) is 32.5 Å². The number of carbonyl (C=O) groups is 1. The van der Waals surface area contributed by atoms with Crippen molar-refractivity contribution in [3.63, 3.8) is 0 Å². The number of aromatic nitrogens is 3. The predicted octanol–water partition coefficient (Wildman–Crippen LogP) is 2.53. The van der Waals surface area contributed by atoms with Crippen molar-refractivity contribution >= 4 is 16.7 Å². The summed E-state index contributed by atoms with van der Waals surface area (Å²) in [5.41, 5.74) is 4.25. The van der Waals surface area contributed by atoms with Crippen LogP contribution < -0.4 is 0 Å². The predicted molar refractivity (Wildman–Crippen MR) is 84.1 cm³/mol. The number of carbonyl (C=O) groups excluding carboxylic acids is 1. The maximum atomic E-state index is 11.7. The van der Waals surface area contributed by atoms with Gasteiger partial charge in [0, 0.05) is 61.0 Å². The Morgan fingerprint density at radius 2 is 2.23 bits per heavy atom. The van der Waals surface area contributed by atoms with E-state index in [-0.39, 0.29) is 5.91 Å². The number of H-pyrrole nitrogens is 1. The molecule has 0 saturated heterocycles. The van der Waals surface area contributed by atoms with Gasteiger partial charge >= 0.3 is 0 Å². The third-order valence-corrected chi connectivity index (χ3v) is 4.32. The number of pyridine rings is 1. The summed E-state index contributed by atoms with van der Waals surface area (Å²) < 4.78 is 0. The average Bonchev–Trinajstić information content (AvgIpc) is 2.97. The first kappa shape index (κ1) is 13.0. The lowest BCUT2D eigenvalue weighted by atomic mass is 9.98. The minimum Gasteiger partial charge on any atom is -0.338 e. The van der Waals surface area contributed by atoms with E-state index in [1.165, 1.54) is 0 Å². The first-order valence-electron chi connectivity index (χ1n) is 7.39. The van der Waals surface area contributed by atoms with Gasteiger partial charge in [0.15, 0.2) is 0 Å². The Labute approximate surface area is 128 Å². The molecule has 0 saturated carbocycles. The van der Waals surface area contributed by atoms with Crippen LogP contribution in [0, 0.1) is 0 Å². The van der Waals surface area contributed by atoms with Crippen LogP contribution in [0.4, 0.5) is 0 Å². The van der Waals surface area contributed by atoms with Gasteiger partial charge in [-0.3, -0.25) is 14.9 Å². The molecule has 0 fully saturated rings. The fraction of sp³-hybridized carbons (Fsp3) is 0.235. The molecule has 3 heterocycles. The molecule has 22 heavy (non-hydrogen) atoms. The number of amides is 1. The van der Waals surface area contributed by atoms with E-state index in [9.17, 15) is 4.79 Å². The summed E-state index contributed by atoms with van der Waals surface area (Å²) in [4.78, 5) is 17.8. The molecule has 0 radical (unpaired) electrons. The highest BCUT2D eigenvalue weighted by Gasteiger charge is 2.24. The number of benzene rings is 1. The molecule has 1 aliphatic heterocycles. The Morgan fingerprint density at radius 1 is 1.32 bits per heavy atom. The van der Waals surface area contributed by atoms with E-state index in [4.69, 9.17) is 0 Å². The van der Waals surface area contributed by atoms with Gasteiger partial charge in [-0.1, -0.05) is 18.2 Å². The van der Waals surface area contributed by atoms with Crippen molar-refractivity contribution in [1.82, 2.24) is 20.1 Å². The molecule has 1 aromatic carbocycles.